The summed E-state index contributed by atoms with van der Waals surface area (Å²) in [6.07, 6.45) is 12.5. The highest BCUT2D eigenvalue weighted by Crippen LogP contribution is 2.26. The van der Waals surface area contributed by atoms with E-state index in [1.807, 2.05) is 12.4 Å². The fourth-order valence-corrected chi connectivity index (χ4v) is 1.96. The quantitative estimate of drug-likeness (QED) is 0.688. The molecule has 0 aliphatic heterocycles. The van der Waals surface area contributed by atoms with Crippen molar-refractivity contribution >= 4 is 23.1 Å². The third kappa shape index (κ3) is 1.30. The van der Waals surface area contributed by atoms with Crippen molar-refractivity contribution in [2.75, 3.05) is 0 Å². The van der Waals surface area contributed by atoms with Gasteiger partial charge in [-0.25, -0.2) is 0 Å². The van der Waals surface area contributed by atoms with E-state index >= 15 is 0 Å². The van der Waals surface area contributed by atoms with Gasteiger partial charge in [-0.15, -0.1) is 0 Å². The number of fused-ring (bicyclic) bond motifs is 3. The molecule has 0 saturated carbocycles. The van der Waals surface area contributed by atoms with Crippen molar-refractivity contribution in [3.63, 3.8) is 0 Å². The van der Waals surface area contributed by atoms with Gasteiger partial charge in [0.25, 0.3) is 0 Å². The summed E-state index contributed by atoms with van der Waals surface area (Å²) in [6.45, 7) is 2.18. The molecule has 0 spiro atoms. The zero-order valence-corrected chi connectivity index (χ0v) is 8.57. The molecule has 0 radical (unpaired) electrons. The Morgan fingerprint density at radius 2 is 2.13 bits per heavy atom. The van der Waals surface area contributed by atoms with Gasteiger partial charge in [0.1, 0.15) is 0 Å². The second-order valence-electron chi connectivity index (χ2n) is 3.95. The van der Waals surface area contributed by atoms with Crippen molar-refractivity contribution in [1.29, 1.82) is 0 Å². The molecule has 0 fully saturated rings. The Morgan fingerprint density at radius 3 is 3.07 bits per heavy atom. The van der Waals surface area contributed by atoms with Crippen molar-refractivity contribution in [3.05, 3.63) is 41.9 Å². The zero-order chi connectivity index (χ0) is 10.3. The van der Waals surface area contributed by atoms with Crippen LogP contribution in [-0.4, -0.2) is 9.97 Å². The van der Waals surface area contributed by atoms with Crippen LogP contribution in [0.25, 0.3) is 23.1 Å². The monoisotopic (exact) mass is 196 g/mol. The maximum Gasteiger partial charge on any atom is 0.0651 e. The second kappa shape index (κ2) is 3.09. The number of hydrogen-bond acceptors (Lipinski definition) is 1. The SMILES string of the molecule is CC1C=Cc2[nH]c3cnccc3c2C=C1. The molecule has 1 aliphatic carbocycles. The predicted molar refractivity (Wildman–Crippen MR) is 63.3 cm³/mol. The summed E-state index contributed by atoms with van der Waals surface area (Å²) in [7, 11) is 0. The highest BCUT2D eigenvalue weighted by atomic mass is 14.8. The van der Waals surface area contributed by atoms with Crippen LogP contribution < -0.4 is 0 Å². The molecular weight excluding hydrogens is 184 g/mol. The summed E-state index contributed by atoms with van der Waals surface area (Å²) in [4.78, 5) is 7.49. The Kier molecular flexibility index (Phi) is 1.75. The third-order valence-corrected chi connectivity index (χ3v) is 2.80. The number of aromatic amines is 1. The van der Waals surface area contributed by atoms with Gasteiger partial charge in [0.2, 0.25) is 0 Å². The summed E-state index contributed by atoms with van der Waals surface area (Å²) in [5, 5.41) is 1.25. The molecule has 1 N–H and O–H groups in total. The number of aromatic nitrogens is 2. The summed E-state index contributed by atoms with van der Waals surface area (Å²) in [5.41, 5.74) is 3.55. The number of allylic oxidation sites excluding steroid dienone is 2. The van der Waals surface area contributed by atoms with Gasteiger partial charge in [0.15, 0.2) is 0 Å². The minimum Gasteiger partial charge on any atom is -0.353 e. The van der Waals surface area contributed by atoms with Crippen LogP contribution in [0.4, 0.5) is 0 Å². The molecule has 2 aromatic rings. The highest BCUT2D eigenvalue weighted by Gasteiger charge is 2.09. The largest absolute Gasteiger partial charge is 0.353 e. The standard InChI is InChI=1S/C13H12N2/c1-9-2-4-10-11-6-7-14-8-13(11)15-12(10)5-3-9/h2-9,15H,1H3. The van der Waals surface area contributed by atoms with E-state index in [-0.39, 0.29) is 0 Å². The first-order valence-corrected chi connectivity index (χ1v) is 5.17. The van der Waals surface area contributed by atoms with Crippen molar-refractivity contribution in [2.24, 2.45) is 5.92 Å². The minimum atomic E-state index is 0.502. The smallest absolute Gasteiger partial charge is 0.0651 e. The highest BCUT2D eigenvalue weighted by molar-refractivity contribution is 5.93. The number of H-pyrrole nitrogens is 1. The van der Waals surface area contributed by atoms with Crippen LogP contribution in [-0.2, 0) is 0 Å². The van der Waals surface area contributed by atoms with Gasteiger partial charge in [-0.05, 0) is 18.1 Å². The topological polar surface area (TPSA) is 28.7 Å². The average molecular weight is 196 g/mol. The van der Waals surface area contributed by atoms with Crippen LogP contribution >= 0.6 is 0 Å². The molecule has 0 amide bonds. The average Bonchev–Trinajstić information content (AvgIpc) is 2.51. The zero-order valence-electron chi connectivity index (χ0n) is 8.57. The van der Waals surface area contributed by atoms with Crippen LogP contribution in [0.15, 0.2) is 30.6 Å². The number of nitrogens with zero attached hydrogens (tertiary/aromatic N) is 1. The Balaban J connectivity index is 2.33. The second-order valence-corrected chi connectivity index (χ2v) is 3.95. The van der Waals surface area contributed by atoms with E-state index in [9.17, 15) is 0 Å². The molecule has 0 saturated heterocycles. The van der Waals surface area contributed by atoms with Crippen molar-refractivity contribution in [1.82, 2.24) is 9.97 Å². The molecular formula is C13H12N2. The Bertz CT molecular complexity index is 561. The lowest BCUT2D eigenvalue weighted by Crippen LogP contribution is -1.78. The molecule has 15 heavy (non-hydrogen) atoms. The molecule has 0 bridgehead atoms. The molecule has 2 heteroatoms. The molecule has 2 nitrogen and oxygen atoms in total. The first kappa shape index (κ1) is 8.48. The van der Waals surface area contributed by atoms with Gasteiger partial charge < -0.3 is 4.98 Å². The number of pyridine rings is 1. The molecule has 1 unspecified atom stereocenters. The van der Waals surface area contributed by atoms with Crippen molar-refractivity contribution < 1.29 is 0 Å². The van der Waals surface area contributed by atoms with Gasteiger partial charge >= 0.3 is 0 Å². The van der Waals surface area contributed by atoms with Crippen LogP contribution in [0.5, 0.6) is 0 Å². The van der Waals surface area contributed by atoms with Gasteiger partial charge in [0, 0.05) is 22.8 Å². The number of nitrogens with one attached hydrogen (secondary N) is 1. The van der Waals surface area contributed by atoms with E-state index in [1.165, 1.54) is 16.6 Å². The van der Waals surface area contributed by atoms with Crippen LogP contribution in [0.2, 0.25) is 0 Å². The molecule has 0 aromatic carbocycles. The third-order valence-electron chi connectivity index (χ3n) is 2.80. The lowest BCUT2D eigenvalue weighted by Gasteiger charge is -1.93. The summed E-state index contributed by atoms with van der Waals surface area (Å²) < 4.78 is 0. The predicted octanol–water partition coefficient (Wildman–Crippen LogP) is 3.24. The van der Waals surface area contributed by atoms with E-state index in [4.69, 9.17) is 0 Å². The first-order chi connectivity index (χ1) is 7.34. The lowest BCUT2D eigenvalue weighted by atomic mass is 10.1. The van der Waals surface area contributed by atoms with Crippen LogP contribution in [0, 0.1) is 5.92 Å². The van der Waals surface area contributed by atoms with Gasteiger partial charge in [0.05, 0.1) is 11.7 Å². The van der Waals surface area contributed by atoms with E-state index in [2.05, 4.69) is 47.3 Å². The van der Waals surface area contributed by atoms with Crippen molar-refractivity contribution in [2.45, 2.75) is 6.92 Å². The lowest BCUT2D eigenvalue weighted by molar-refractivity contribution is 0.953. The Labute approximate surface area is 88.3 Å². The van der Waals surface area contributed by atoms with Crippen LogP contribution in [0.1, 0.15) is 18.2 Å². The summed E-state index contributed by atoms with van der Waals surface area (Å²) in [5.74, 6) is 0.502. The van der Waals surface area contributed by atoms with E-state index < -0.39 is 0 Å². The first-order valence-electron chi connectivity index (χ1n) is 5.17. The molecule has 1 atom stereocenters. The molecule has 3 rings (SSSR count). The van der Waals surface area contributed by atoms with Crippen LogP contribution in [0.3, 0.4) is 0 Å². The maximum atomic E-state index is 4.12. The van der Waals surface area contributed by atoms with Crippen molar-refractivity contribution in [3.8, 4) is 0 Å². The van der Waals surface area contributed by atoms with Gasteiger partial charge in [-0.1, -0.05) is 25.2 Å². The summed E-state index contributed by atoms with van der Waals surface area (Å²) in [6, 6.07) is 2.05. The van der Waals surface area contributed by atoms with E-state index in [1.54, 1.807) is 0 Å². The van der Waals surface area contributed by atoms with Gasteiger partial charge in [-0.2, -0.15) is 0 Å². The maximum absolute atomic E-state index is 4.12. The summed E-state index contributed by atoms with van der Waals surface area (Å²) >= 11 is 0. The Hall–Kier alpha value is -1.83. The van der Waals surface area contributed by atoms with E-state index in [0.29, 0.717) is 5.92 Å². The normalized spacial score (nSPS) is 19.1. The number of hydrogen-bond donors (Lipinski definition) is 1. The van der Waals surface area contributed by atoms with Gasteiger partial charge in [-0.3, -0.25) is 4.98 Å². The minimum absolute atomic E-state index is 0.502. The van der Waals surface area contributed by atoms with E-state index in [0.717, 1.165) is 5.52 Å². The fourth-order valence-electron chi connectivity index (χ4n) is 1.96. The molecule has 74 valence electrons. The molecule has 1 aliphatic rings. The number of rotatable bonds is 0. The molecule has 2 heterocycles. The molecule has 2 aromatic heterocycles. The fraction of sp³-hybridized carbons (Fsp3) is 0.154. The Morgan fingerprint density at radius 1 is 1.27 bits per heavy atom.